The molecule has 0 aliphatic carbocycles. The highest BCUT2D eigenvalue weighted by atomic mass is 16.1. The van der Waals surface area contributed by atoms with Crippen molar-refractivity contribution in [1.82, 2.24) is 15.3 Å². The van der Waals surface area contributed by atoms with E-state index in [4.69, 9.17) is 0 Å². The molecule has 0 aliphatic heterocycles. The van der Waals surface area contributed by atoms with E-state index in [0.29, 0.717) is 18.8 Å². The van der Waals surface area contributed by atoms with E-state index in [9.17, 15) is 4.79 Å². The van der Waals surface area contributed by atoms with Gasteiger partial charge in [0.1, 0.15) is 5.69 Å². The van der Waals surface area contributed by atoms with E-state index in [-0.39, 0.29) is 5.91 Å². The second-order valence-electron chi connectivity index (χ2n) is 4.39. The van der Waals surface area contributed by atoms with Crippen molar-refractivity contribution in [2.75, 3.05) is 11.9 Å². The third-order valence-electron chi connectivity index (χ3n) is 2.77. The van der Waals surface area contributed by atoms with E-state index in [1.807, 2.05) is 25.1 Å². The minimum Gasteiger partial charge on any atom is -0.381 e. The summed E-state index contributed by atoms with van der Waals surface area (Å²) >= 11 is 0. The smallest absolute Gasteiger partial charge is 0.269 e. The first-order valence-electron chi connectivity index (χ1n) is 6.66. The van der Waals surface area contributed by atoms with Crippen LogP contribution in [0.25, 0.3) is 0 Å². The van der Waals surface area contributed by atoms with E-state index in [1.54, 1.807) is 24.7 Å². The Morgan fingerprint density at radius 1 is 1.20 bits per heavy atom. The van der Waals surface area contributed by atoms with Crippen molar-refractivity contribution in [1.29, 1.82) is 0 Å². The van der Waals surface area contributed by atoms with Crippen LogP contribution >= 0.6 is 0 Å². The van der Waals surface area contributed by atoms with Crippen molar-refractivity contribution in [2.24, 2.45) is 0 Å². The number of rotatable bonds is 6. The fourth-order valence-electron chi connectivity index (χ4n) is 1.70. The van der Waals surface area contributed by atoms with Crippen molar-refractivity contribution < 1.29 is 4.79 Å². The first kappa shape index (κ1) is 14.0. The highest BCUT2D eigenvalue weighted by Crippen LogP contribution is 2.10. The molecule has 0 aromatic carbocycles. The number of nitrogens with zero attached hydrogens (tertiary/aromatic N) is 2. The summed E-state index contributed by atoms with van der Waals surface area (Å²) in [6.45, 7) is 3.36. The molecule has 2 heterocycles. The maximum Gasteiger partial charge on any atom is 0.269 e. The summed E-state index contributed by atoms with van der Waals surface area (Å²) in [7, 11) is 0. The van der Waals surface area contributed by atoms with Crippen LogP contribution in [0.1, 0.15) is 29.4 Å². The lowest BCUT2D eigenvalue weighted by Crippen LogP contribution is -2.24. The number of amides is 1. The number of carbonyl (C=O) groups excluding carboxylic acids is 1. The van der Waals surface area contributed by atoms with Crippen molar-refractivity contribution in [3.63, 3.8) is 0 Å². The Kier molecular flexibility index (Phi) is 5.06. The molecule has 20 heavy (non-hydrogen) atoms. The van der Waals surface area contributed by atoms with Crippen LogP contribution in [0, 0.1) is 0 Å². The number of carbonyl (C=O) groups is 1. The van der Waals surface area contributed by atoms with Crippen LogP contribution in [0.3, 0.4) is 0 Å². The highest BCUT2D eigenvalue weighted by molar-refractivity contribution is 5.93. The number of pyridine rings is 2. The third-order valence-corrected chi connectivity index (χ3v) is 2.77. The Hall–Kier alpha value is -2.43. The molecule has 0 saturated heterocycles. The molecule has 0 radical (unpaired) electrons. The quantitative estimate of drug-likeness (QED) is 0.844. The maximum atomic E-state index is 11.8. The van der Waals surface area contributed by atoms with Crippen molar-refractivity contribution in [3.05, 3.63) is 54.1 Å². The van der Waals surface area contributed by atoms with Gasteiger partial charge in [-0.05, 0) is 36.2 Å². The molecule has 0 spiro atoms. The molecule has 0 atom stereocenters. The lowest BCUT2D eigenvalue weighted by atomic mass is 10.2. The van der Waals surface area contributed by atoms with Crippen molar-refractivity contribution in [3.8, 4) is 0 Å². The van der Waals surface area contributed by atoms with Crippen LogP contribution in [-0.4, -0.2) is 22.4 Å². The minimum absolute atomic E-state index is 0.139. The average molecular weight is 270 g/mol. The molecule has 104 valence electrons. The molecule has 5 heteroatoms. The summed E-state index contributed by atoms with van der Waals surface area (Å²) < 4.78 is 0. The topological polar surface area (TPSA) is 66.9 Å². The second-order valence-corrected chi connectivity index (χ2v) is 4.39. The van der Waals surface area contributed by atoms with Crippen molar-refractivity contribution in [2.45, 2.75) is 19.9 Å². The standard InChI is InChI=1S/C15H18N4O/c1-2-6-18-15(20)14-10-13(5-9-17-14)19-11-12-3-7-16-8-4-12/h3-5,7-10H,2,6,11H2,1H3,(H,17,19)(H,18,20). The van der Waals surface area contributed by atoms with Gasteiger partial charge in [-0.2, -0.15) is 0 Å². The summed E-state index contributed by atoms with van der Waals surface area (Å²) in [5.74, 6) is -0.139. The van der Waals surface area contributed by atoms with Gasteiger partial charge in [-0.25, -0.2) is 0 Å². The normalized spacial score (nSPS) is 10.1. The number of hydrogen-bond donors (Lipinski definition) is 2. The Balaban J connectivity index is 1.97. The molecule has 0 bridgehead atoms. The van der Waals surface area contributed by atoms with Gasteiger partial charge >= 0.3 is 0 Å². The van der Waals surface area contributed by atoms with Gasteiger partial charge in [-0.1, -0.05) is 6.92 Å². The molecule has 0 aliphatic rings. The van der Waals surface area contributed by atoms with Crippen LogP contribution in [-0.2, 0) is 6.54 Å². The van der Waals surface area contributed by atoms with E-state index < -0.39 is 0 Å². The second kappa shape index (κ2) is 7.23. The molecule has 0 fully saturated rings. The summed E-state index contributed by atoms with van der Waals surface area (Å²) in [6.07, 6.45) is 6.06. The first-order chi connectivity index (χ1) is 9.79. The predicted molar refractivity (Wildman–Crippen MR) is 78.4 cm³/mol. The van der Waals surface area contributed by atoms with E-state index in [2.05, 4.69) is 20.6 Å². The molecular weight excluding hydrogens is 252 g/mol. The fourth-order valence-corrected chi connectivity index (χ4v) is 1.70. The number of hydrogen-bond acceptors (Lipinski definition) is 4. The molecule has 2 aromatic rings. The Labute approximate surface area is 118 Å². The SMILES string of the molecule is CCCNC(=O)c1cc(NCc2ccncc2)ccn1. The third kappa shape index (κ3) is 4.05. The van der Waals surface area contributed by atoms with Gasteiger partial charge in [0, 0.05) is 37.4 Å². The molecule has 2 aromatic heterocycles. The zero-order chi connectivity index (χ0) is 14.2. The maximum absolute atomic E-state index is 11.8. The number of nitrogens with one attached hydrogen (secondary N) is 2. The van der Waals surface area contributed by atoms with Crippen LogP contribution in [0.4, 0.5) is 5.69 Å². The van der Waals surface area contributed by atoms with E-state index >= 15 is 0 Å². The lowest BCUT2D eigenvalue weighted by molar-refractivity contribution is 0.0949. The summed E-state index contributed by atoms with van der Waals surface area (Å²) in [6, 6.07) is 7.50. The van der Waals surface area contributed by atoms with Gasteiger partial charge < -0.3 is 10.6 Å². The molecular formula is C15H18N4O. The van der Waals surface area contributed by atoms with Gasteiger partial charge in [0.15, 0.2) is 0 Å². The summed E-state index contributed by atoms with van der Waals surface area (Å²) in [5, 5.41) is 6.08. The predicted octanol–water partition coefficient (Wildman–Crippen LogP) is 2.23. The van der Waals surface area contributed by atoms with E-state index in [0.717, 1.165) is 17.7 Å². The fraction of sp³-hybridized carbons (Fsp3) is 0.267. The van der Waals surface area contributed by atoms with Gasteiger partial charge in [0.2, 0.25) is 0 Å². The van der Waals surface area contributed by atoms with Gasteiger partial charge in [-0.15, -0.1) is 0 Å². The van der Waals surface area contributed by atoms with Gasteiger partial charge in [0.05, 0.1) is 0 Å². The Morgan fingerprint density at radius 2 is 2.00 bits per heavy atom. The first-order valence-corrected chi connectivity index (χ1v) is 6.66. The molecule has 0 saturated carbocycles. The lowest BCUT2D eigenvalue weighted by Gasteiger charge is -2.08. The number of anilines is 1. The zero-order valence-corrected chi connectivity index (χ0v) is 11.5. The highest BCUT2D eigenvalue weighted by Gasteiger charge is 2.06. The zero-order valence-electron chi connectivity index (χ0n) is 11.5. The minimum atomic E-state index is -0.139. The molecule has 2 rings (SSSR count). The molecule has 2 N–H and O–H groups in total. The Bertz CT molecular complexity index is 557. The summed E-state index contributed by atoms with van der Waals surface area (Å²) in [4.78, 5) is 19.9. The van der Waals surface area contributed by atoms with E-state index in [1.165, 1.54) is 0 Å². The molecule has 1 amide bonds. The van der Waals surface area contributed by atoms with Crippen LogP contribution in [0.5, 0.6) is 0 Å². The average Bonchev–Trinajstić information content (AvgIpc) is 2.52. The molecule has 5 nitrogen and oxygen atoms in total. The number of aromatic nitrogens is 2. The Morgan fingerprint density at radius 3 is 2.75 bits per heavy atom. The summed E-state index contributed by atoms with van der Waals surface area (Å²) in [5.41, 5.74) is 2.44. The van der Waals surface area contributed by atoms with Crippen LogP contribution in [0.15, 0.2) is 42.9 Å². The molecule has 0 unspecified atom stereocenters. The largest absolute Gasteiger partial charge is 0.381 e. The van der Waals surface area contributed by atoms with Gasteiger partial charge in [0.25, 0.3) is 5.91 Å². The van der Waals surface area contributed by atoms with Crippen LogP contribution in [0.2, 0.25) is 0 Å². The van der Waals surface area contributed by atoms with Crippen LogP contribution < -0.4 is 10.6 Å². The monoisotopic (exact) mass is 270 g/mol. The van der Waals surface area contributed by atoms with Gasteiger partial charge in [-0.3, -0.25) is 14.8 Å². The van der Waals surface area contributed by atoms with Crippen molar-refractivity contribution >= 4 is 11.6 Å².